The van der Waals surface area contributed by atoms with Crippen molar-refractivity contribution >= 4 is 29.2 Å². The van der Waals surface area contributed by atoms with E-state index in [0.29, 0.717) is 0 Å². The zero-order valence-electron chi connectivity index (χ0n) is 6.99. The Morgan fingerprint density at radius 1 is 1.75 bits per heavy atom. The number of hydrogen-bond donors (Lipinski definition) is 0. The fourth-order valence-corrected chi connectivity index (χ4v) is 1.88. The lowest BCUT2D eigenvalue weighted by molar-refractivity contribution is 1.17. The standard InChI is InChI=1S/C9H11NS2/c1-3-8-7-10-9(12-8)5-6-11-4-2/h4-7H,2-3H2,1H3/b6-5+. The van der Waals surface area contributed by atoms with Gasteiger partial charge in [-0.1, -0.05) is 13.5 Å². The molecule has 0 spiro atoms. The molecule has 1 heterocycles. The van der Waals surface area contributed by atoms with Gasteiger partial charge in [-0.3, -0.25) is 0 Å². The first kappa shape index (κ1) is 9.55. The summed E-state index contributed by atoms with van der Waals surface area (Å²) in [7, 11) is 0. The zero-order valence-corrected chi connectivity index (χ0v) is 8.62. The Kier molecular flexibility index (Phi) is 4.11. The number of thiazole rings is 1. The number of aryl methyl sites for hydroxylation is 1. The van der Waals surface area contributed by atoms with Gasteiger partial charge in [-0.25, -0.2) is 4.98 Å². The Balaban J connectivity index is 2.57. The average molecular weight is 197 g/mol. The molecule has 0 fully saturated rings. The van der Waals surface area contributed by atoms with Gasteiger partial charge >= 0.3 is 0 Å². The van der Waals surface area contributed by atoms with Gasteiger partial charge in [-0.05, 0) is 23.3 Å². The van der Waals surface area contributed by atoms with Gasteiger partial charge in [-0.2, -0.15) is 0 Å². The van der Waals surface area contributed by atoms with Gasteiger partial charge in [0.2, 0.25) is 0 Å². The largest absolute Gasteiger partial charge is 0.245 e. The molecule has 0 unspecified atom stereocenters. The SMILES string of the molecule is C=CS/C=C/c1ncc(CC)s1. The Labute approximate surface area is 81.2 Å². The highest BCUT2D eigenvalue weighted by atomic mass is 32.2. The molecule has 0 aliphatic carbocycles. The Bertz CT molecular complexity index is 276. The quantitative estimate of drug-likeness (QED) is 0.732. The van der Waals surface area contributed by atoms with Crippen LogP contribution in [0.25, 0.3) is 6.08 Å². The molecular formula is C9H11NS2. The van der Waals surface area contributed by atoms with Crippen molar-refractivity contribution in [2.75, 3.05) is 0 Å². The molecule has 12 heavy (non-hydrogen) atoms. The lowest BCUT2D eigenvalue weighted by Gasteiger charge is -1.81. The molecule has 0 radical (unpaired) electrons. The Hall–Kier alpha value is -0.540. The maximum Gasteiger partial charge on any atom is 0.116 e. The Morgan fingerprint density at radius 3 is 3.17 bits per heavy atom. The first-order valence-corrected chi connectivity index (χ1v) is 5.50. The van der Waals surface area contributed by atoms with Gasteiger partial charge in [0, 0.05) is 11.1 Å². The minimum absolute atomic E-state index is 1.07. The molecular weight excluding hydrogens is 186 g/mol. The predicted molar refractivity (Wildman–Crippen MR) is 58.3 cm³/mol. The summed E-state index contributed by atoms with van der Waals surface area (Å²) in [5, 5.41) is 4.86. The van der Waals surface area contributed by atoms with E-state index in [4.69, 9.17) is 0 Å². The molecule has 3 heteroatoms. The summed E-state index contributed by atoms with van der Waals surface area (Å²) >= 11 is 3.31. The monoisotopic (exact) mass is 197 g/mol. The summed E-state index contributed by atoms with van der Waals surface area (Å²) < 4.78 is 0. The second-order valence-corrected chi connectivity index (χ2v) is 4.15. The fraction of sp³-hybridized carbons (Fsp3) is 0.222. The van der Waals surface area contributed by atoms with Crippen LogP contribution in [0.4, 0.5) is 0 Å². The second kappa shape index (κ2) is 5.17. The van der Waals surface area contributed by atoms with E-state index >= 15 is 0 Å². The number of nitrogens with zero attached hydrogens (tertiary/aromatic N) is 1. The zero-order chi connectivity index (χ0) is 8.81. The molecule has 0 saturated heterocycles. The molecule has 1 rings (SSSR count). The molecule has 0 saturated carbocycles. The summed E-state index contributed by atoms with van der Waals surface area (Å²) in [6, 6.07) is 0. The summed E-state index contributed by atoms with van der Waals surface area (Å²) in [6.07, 6.45) is 5.01. The van der Waals surface area contributed by atoms with E-state index in [0.717, 1.165) is 11.4 Å². The van der Waals surface area contributed by atoms with Gasteiger partial charge < -0.3 is 0 Å². The summed E-state index contributed by atoms with van der Waals surface area (Å²) in [5.41, 5.74) is 0. The van der Waals surface area contributed by atoms with Gasteiger partial charge in [0.25, 0.3) is 0 Å². The summed E-state index contributed by atoms with van der Waals surface area (Å²) in [5.74, 6) is 0. The maximum absolute atomic E-state index is 4.24. The van der Waals surface area contributed by atoms with Gasteiger partial charge in [-0.15, -0.1) is 23.1 Å². The lowest BCUT2D eigenvalue weighted by Crippen LogP contribution is -1.64. The van der Waals surface area contributed by atoms with Crippen LogP contribution in [0.2, 0.25) is 0 Å². The van der Waals surface area contributed by atoms with Crippen LogP contribution >= 0.6 is 23.1 Å². The third-order valence-electron chi connectivity index (χ3n) is 1.31. The lowest BCUT2D eigenvalue weighted by atomic mass is 10.4. The van der Waals surface area contributed by atoms with E-state index in [-0.39, 0.29) is 0 Å². The normalized spacial score (nSPS) is 10.8. The Morgan fingerprint density at radius 2 is 2.58 bits per heavy atom. The van der Waals surface area contributed by atoms with E-state index < -0.39 is 0 Å². The molecule has 0 aliphatic heterocycles. The topological polar surface area (TPSA) is 12.9 Å². The minimum atomic E-state index is 1.07. The molecule has 0 aliphatic rings. The van der Waals surface area contributed by atoms with Crippen LogP contribution in [0.15, 0.2) is 23.6 Å². The highest BCUT2D eigenvalue weighted by molar-refractivity contribution is 8.05. The third kappa shape index (κ3) is 2.83. The van der Waals surface area contributed by atoms with E-state index in [1.807, 2.05) is 17.7 Å². The fourth-order valence-electron chi connectivity index (χ4n) is 0.716. The van der Waals surface area contributed by atoms with Gasteiger partial charge in [0.1, 0.15) is 5.01 Å². The van der Waals surface area contributed by atoms with E-state index in [2.05, 4.69) is 18.5 Å². The van der Waals surface area contributed by atoms with Crippen LogP contribution in [0.3, 0.4) is 0 Å². The van der Waals surface area contributed by atoms with Crippen LogP contribution in [0.5, 0.6) is 0 Å². The first-order chi connectivity index (χ1) is 5.86. The molecule has 0 N–H and O–H groups in total. The molecule has 1 aromatic heterocycles. The number of thioether (sulfide) groups is 1. The minimum Gasteiger partial charge on any atom is -0.245 e. The van der Waals surface area contributed by atoms with Crippen LogP contribution in [0, 0.1) is 0 Å². The predicted octanol–water partition coefficient (Wildman–Crippen LogP) is 3.55. The van der Waals surface area contributed by atoms with Crippen LogP contribution in [0.1, 0.15) is 16.8 Å². The molecule has 0 aromatic carbocycles. The number of hydrogen-bond acceptors (Lipinski definition) is 3. The smallest absolute Gasteiger partial charge is 0.116 e. The van der Waals surface area contributed by atoms with Crippen LogP contribution < -0.4 is 0 Å². The van der Waals surface area contributed by atoms with E-state index in [1.54, 1.807) is 28.5 Å². The summed E-state index contributed by atoms with van der Waals surface area (Å²) in [6.45, 7) is 5.75. The highest BCUT2D eigenvalue weighted by Crippen LogP contribution is 2.16. The van der Waals surface area contributed by atoms with Gasteiger partial charge in [0.05, 0.1) is 0 Å². The molecule has 0 amide bonds. The summed E-state index contributed by atoms with van der Waals surface area (Å²) in [4.78, 5) is 5.57. The number of aromatic nitrogens is 1. The molecule has 1 aromatic rings. The van der Waals surface area contributed by atoms with Crippen molar-refractivity contribution < 1.29 is 0 Å². The van der Waals surface area contributed by atoms with Crippen molar-refractivity contribution in [1.29, 1.82) is 0 Å². The maximum atomic E-state index is 4.24. The van der Waals surface area contributed by atoms with Gasteiger partial charge in [0.15, 0.2) is 0 Å². The van der Waals surface area contributed by atoms with Crippen molar-refractivity contribution in [1.82, 2.24) is 4.98 Å². The molecule has 1 nitrogen and oxygen atoms in total. The van der Waals surface area contributed by atoms with Crippen LogP contribution in [-0.4, -0.2) is 4.98 Å². The van der Waals surface area contributed by atoms with Crippen molar-refractivity contribution in [3.8, 4) is 0 Å². The van der Waals surface area contributed by atoms with Crippen molar-refractivity contribution in [2.45, 2.75) is 13.3 Å². The van der Waals surface area contributed by atoms with Crippen molar-refractivity contribution in [3.63, 3.8) is 0 Å². The van der Waals surface area contributed by atoms with Crippen molar-refractivity contribution in [3.05, 3.63) is 33.5 Å². The molecule has 64 valence electrons. The van der Waals surface area contributed by atoms with E-state index in [9.17, 15) is 0 Å². The average Bonchev–Trinajstić information content (AvgIpc) is 2.53. The second-order valence-electron chi connectivity index (χ2n) is 2.12. The van der Waals surface area contributed by atoms with E-state index in [1.165, 1.54) is 4.88 Å². The molecule has 0 atom stereocenters. The number of rotatable bonds is 4. The first-order valence-electron chi connectivity index (χ1n) is 3.74. The highest BCUT2D eigenvalue weighted by Gasteiger charge is 1.94. The van der Waals surface area contributed by atoms with Crippen molar-refractivity contribution in [2.24, 2.45) is 0 Å². The molecule has 0 bridgehead atoms. The van der Waals surface area contributed by atoms with Crippen LogP contribution in [-0.2, 0) is 6.42 Å². The third-order valence-corrected chi connectivity index (χ3v) is 2.90.